The van der Waals surface area contributed by atoms with E-state index >= 15 is 0 Å². The maximum atomic E-state index is 11.6. The van der Waals surface area contributed by atoms with Crippen LogP contribution in [0.25, 0.3) is 10.8 Å². The molecule has 0 aliphatic heterocycles. The third-order valence-corrected chi connectivity index (χ3v) is 3.06. The molecule has 2 aromatic carbocycles. The lowest BCUT2D eigenvalue weighted by Crippen LogP contribution is -2.08. The fraction of sp³-hybridized carbons (Fsp3) is 0.312. The van der Waals surface area contributed by atoms with Gasteiger partial charge >= 0.3 is 0 Å². The standard InChI is InChI=1S/C16H18O3/c1-11(17)9-10-19-16-8-7-13(12(2)18)14-5-3-4-6-15(14)16/h3-8,11,17H,9-10H2,1-2H3/t11-/m0/s1. The minimum Gasteiger partial charge on any atom is -0.493 e. The summed E-state index contributed by atoms with van der Waals surface area (Å²) in [5, 5.41) is 11.1. The second-order valence-corrected chi connectivity index (χ2v) is 4.70. The highest BCUT2D eigenvalue weighted by Gasteiger charge is 2.09. The van der Waals surface area contributed by atoms with Gasteiger partial charge in [-0.25, -0.2) is 0 Å². The molecule has 0 amide bonds. The van der Waals surface area contributed by atoms with Crippen molar-refractivity contribution >= 4 is 16.6 Å². The van der Waals surface area contributed by atoms with Gasteiger partial charge in [0.15, 0.2) is 5.78 Å². The summed E-state index contributed by atoms with van der Waals surface area (Å²) < 4.78 is 5.69. The Morgan fingerprint density at radius 3 is 2.53 bits per heavy atom. The molecule has 0 heterocycles. The average Bonchev–Trinajstić information content (AvgIpc) is 2.38. The highest BCUT2D eigenvalue weighted by Crippen LogP contribution is 2.29. The molecule has 2 rings (SSSR count). The van der Waals surface area contributed by atoms with Crippen molar-refractivity contribution in [3.63, 3.8) is 0 Å². The molecule has 2 aromatic rings. The summed E-state index contributed by atoms with van der Waals surface area (Å²) in [6.07, 6.45) is 0.214. The van der Waals surface area contributed by atoms with Crippen molar-refractivity contribution in [1.29, 1.82) is 0 Å². The van der Waals surface area contributed by atoms with Gasteiger partial charge in [0.25, 0.3) is 0 Å². The third-order valence-electron chi connectivity index (χ3n) is 3.06. The number of Topliss-reactive ketones (excluding diaryl/α,β-unsaturated/α-hetero) is 1. The van der Waals surface area contributed by atoms with E-state index in [2.05, 4.69) is 0 Å². The number of hydrogen-bond acceptors (Lipinski definition) is 3. The van der Waals surface area contributed by atoms with Gasteiger partial charge in [-0.15, -0.1) is 0 Å². The molecular formula is C16H18O3. The number of ketones is 1. The van der Waals surface area contributed by atoms with Gasteiger partial charge in [0.1, 0.15) is 5.75 Å². The highest BCUT2D eigenvalue weighted by molar-refractivity contribution is 6.08. The Morgan fingerprint density at radius 1 is 1.21 bits per heavy atom. The average molecular weight is 258 g/mol. The predicted octanol–water partition coefficient (Wildman–Crippen LogP) is 3.19. The van der Waals surface area contributed by atoms with Gasteiger partial charge < -0.3 is 9.84 Å². The Hall–Kier alpha value is -1.87. The molecule has 3 nitrogen and oxygen atoms in total. The van der Waals surface area contributed by atoms with Gasteiger partial charge in [-0.1, -0.05) is 24.3 Å². The van der Waals surface area contributed by atoms with E-state index in [1.807, 2.05) is 30.3 Å². The molecule has 1 atom stereocenters. The molecule has 0 saturated heterocycles. The fourth-order valence-electron chi connectivity index (χ4n) is 2.04. The van der Waals surface area contributed by atoms with Crippen molar-refractivity contribution in [2.24, 2.45) is 0 Å². The Kier molecular flexibility index (Phi) is 4.17. The van der Waals surface area contributed by atoms with E-state index in [0.717, 1.165) is 16.5 Å². The lowest BCUT2D eigenvalue weighted by Gasteiger charge is -2.12. The number of hydrogen-bond donors (Lipinski definition) is 1. The number of rotatable bonds is 5. The molecule has 0 saturated carbocycles. The summed E-state index contributed by atoms with van der Waals surface area (Å²) in [6.45, 7) is 3.76. The quantitative estimate of drug-likeness (QED) is 0.838. The van der Waals surface area contributed by atoms with Crippen LogP contribution in [0.15, 0.2) is 36.4 Å². The molecular weight excluding hydrogens is 240 g/mol. The fourth-order valence-corrected chi connectivity index (χ4v) is 2.04. The molecule has 19 heavy (non-hydrogen) atoms. The molecule has 0 spiro atoms. The van der Waals surface area contributed by atoms with Crippen LogP contribution in [0.1, 0.15) is 30.6 Å². The van der Waals surface area contributed by atoms with Crippen LogP contribution in [-0.2, 0) is 0 Å². The number of carbonyl (C=O) groups excluding carboxylic acids is 1. The van der Waals surface area contributed by atoms with E-state index in [-0.39, 0.29) is 11.9 Å². The van der Waals surface area contributed by atoms with Crippen molar-refractivity contribution in [2.75, 3.05) is 6.61 Å². The summed E-state index contributed by atoms with van der Waals surface area (Å²) in [6, 6.07) is 11.3. The molecule has 0 unspecified atom stereocenters. The van der Waals surface area contributed by atoms with E-state index < -0.39 is 0 Å². The van der Waals surface area contributed by atoms with Crippen LogP contribution in [0.2, 0.25) is 0 Å². The van der Waals surface area contributed by atoms with Crippen LogP contribution >= 0.6 is 0 Å². The lowest BCUT2D eigenvalue weighted by molar-refractivity contribution is 0.101. The lowest BCUT2D eigenvalue weighted by atomic mass is 10.0. The Bertz CT molecular complexity index is 588. The van der Waals surface area contributed by atoms with Crippen LogP contribution in [0, 0.1) is 0 Å². The Morgan fingerprint density at radius 2 is 1.89 bits per heavy atom. The zero-order valence-electron chi connectivity index (χ0n) is 11.2. The highest BCUT2D eigenvalue weighted by atomic mass is 16.5. The molecule has 1 N–H and O–H groups in total. The van der Waals surface area contributed by atoms with Gasteiger partial charge in [0.05, 0.1) is 12.7 Å². The van der Waals surface area contributed by atoms with Gasteiger partial charge in [-0.3, -0.25) is 4.79 Å². The number of aliphatic hydroxyl groups excluding tert-OH is 1. The first-order chi connectivity index (χ1) is 9.09. The Balaban J connectivity index is 2.36. The van der Waals surface area contributed by atoms with Gasteiger partial charge in [0.2, 0.25) is 0 Å². The summed E-state index contributed by atoms with van der Waals surface area (Å²) in [5.74, 6) is 0.799. The number of carbonyl (C=O) groups is 1. The van der Waals surface area contributed by atoms with Gasteiger partial charge in [0, 0.05) is 17.4 Å². The number of benzene rings is 2. The predicted molar refractivity (Wildman–Crippen MR) is 75.7 cm³/mol. The largest absolute Gasteiger partial charge is 0.493 e. The normalized spacial score (nSPS) is 12.4. The maximum absolute atomic E-state index is 11.6. The van der Waals surface area contributed by atoms with E-state index in [0.29, 0.717) is 18.6 Å². The summed E-state index contributed by atoms with van der Waals surface area (Å²) in [5.41, 5.74) is 0.707. The maximum Gasteiger partial charge on any atom is 0.160 e. The van der Waals surface area contributed by atoms with Crippen LogP contribution in [-0.4, -0.2) is 23.6 Å². The second kappa shape index (κ2) is 5.85. The van der Waals surface area contributed by atoms with Crippen LogP contribution in [0.5, 0.6) is 5.75 Å². The van der Waals surface area contributed by atoms with Crippen molar-refractivity contribution in [1.82, 2.24) is 0 Å². The smallest absolute Gasteiger partial charge is 0.160 e. The third kappa shape index (κ3) is 3.12. The summed E-state index contributed by atoms with van der Waals surface area (Å²) in [7, 11) is 0. The SMILES string of the molecule is CC(=O)c1ccc(OCC[C@H](C)O)c2ccccc12. The van der Waals surface area contributed by atoms with Crippen molar-refractivity contribution in [3.05, 3.63) is 42.0 Å². The van der Waals surface area contributed by atoms with E-state index in [9.17, 15) is 9.90 Å². The number of aliphatic hydroxyl groups is 1. The van der Waals surface area contributed by atoms with E-state index in [4.69, 9.17) is 4.74 Å². The van der Waals surface area contributed by atoms with Gasteiger partial charge in [-0.05, 0) is 31.4 Å². The van der Waals surface area contributed by atoms with Crippen molar-refractivity contribution in [2.45, 2.75) is 26.4 Å². The monoisotopic (exact) mass is 258 g/mol. The van der Waals surface area contributed by atoms with Crippen LogP contribution in [0.3, 0.4) is 0 Å². The number of fused-ring (bicyclic) bond motifs is 1. The zero-order chi connectivity index (χ0) is 13.8. The molecule has 100 valence electrons. The molecule has 0 aliphatic rings. The molecule has 0 aliphatic carbocycles. The minimum atomic E-state index is -0.372. The first-order valence-corrected chi connectivity index (χ1v) is 6.43. The molecule has 0 fully saturated rings. The summed E-state index contributed by atoms with van der Waals surface area (Å²) >= 11 is 0. The molecule has 0 radical (unpaired) electrons. The van der Waals surface area contributed by atoms with Crippen LogP contribution < -0.4 is 4.74 Å². The molecule has 0 bridgehead atoms. The second-order valence-electron chi connectivity index (χ2n) is 4.70. The van der Waals surface area contributed by atoms with Crippen LogP contribution in [0.4, 0.5) is 0 Å². The van der Waals surface area contributed by atoms with Crippen molar-refractivity contribution in [3.8, 4) is 5.75 Å². The zero-order valence-corrected chi connectivity index (χ0v) is 11.2. The van der Waals surface area contributed by atoms with Crippen molar-refractivity contribution < 1.29 is 14.6 Å². The Labute approximate surface area is 112 Å². The minimum absolute atomic E-state index is 0.0479. The molecule has 0 aromatic heterocycles. The topological polar surface area (TPSA) is 46.5 Å². The van der Waals surface area contributed by atoms with Gasteiger partial charge in [-0.2, -0.15) is 0 Å². The van der Waals surface area contributed by atoms with E-state index in [1.165, 1.54) is 0 Å². The molecule has 3 heteroatoms. The number of ether oxygens (including phenoxy) is 1. The summed E-state index contributed by atoms with van der Waals surface area (Å²) in [4.78, 5) is 11.6. The first kappa shape index (κ1) is 13.6. The van der Waals surface area contributed by atoms with E-state index in [1.54, 1.807) is 19.9 Å². The first-order valence-electron chi connectivity index (χ1n) is 6.43.